The van der Waals surface area contributed by atoms with E-state index < -0.39 is 0 Å². The van der Waals surface area contributed by atoms with Gasteiger partial charge in [0.05, 0.1) is 12.2 Å². The minimum absolute atomic E-state index is 0.785. The Hall–Kier alpha value is -1.26. The summed E-state index contributed by atoms with van der Waals surface area (Å²) in [5.41, 5.74) is 4.26. The average Bonchev–Trinajstić information content (AvgIpc) is 2.90. The van der Waals surface area contributed by atoms with Crippen LogP contribution in [0.1, 0.15) is 24.0 Å². The van der Waals surface area contributed by atoms with Gasteiger partial charge in [0.1, 0.15) is 0 Å². The summed E-state index contributed by atoms with van der Waals surface area (Å²) >= 11 is 3.79. The van der Waals surface area contributed by atoms with Gasteiger partial charge >= 0.3 is 0 Å². The normalized spacial score (nSPS) is 21.4. The number of hydrogen-bond donors (Lipinski definition) is 0. The molecule has 1 saturated carbocycles. The number of aryl methyl sites for hydroxylation is 1. The summed E-state index contributed by atoms with van der Waals surface area (Å²) in [6.45, 7) is 4.21. The molecule has 0 saturated heterocycles. The van der Waals surface area contributed by atoms with Gasteiger partial charge in [0.15, 0.2) is 5.17 Å². The molecule has 2 aromatic rings. The summed E-state index contributed by atoms with van der Waals surface area (Å²) in [5, 5.41) is 4.87. The van der Waals surface area contributed by atoms with E-state index in [0.29, 0.717) is 0 Å². The average molecular weight is 312 g/mol. The van der Waals surface area contributed by atoms with E-state index in [-0.39, 0.29) is 0 Å². The Morgan fingerprint density at radius 3 is 3.00 bits per heavy atom. The zero-order valence-corrected chi connectivity index (χ0v) is 13.6. The van der Waals surface area contributed by atoms with Gasteiger partial charge in [-0.05, 0) is 42.7 Å². The highest BCUT2D eigenvalue weighted by Gasteiger charge is 2.40. The van der Waals surface area contributed by atoms with Crippen LogP contribution in [0.5, 0.6) is 0 Å². The third-order valence-corrected chi connectivity index (χ3v) is 6.85. The Bertz CT molecular complexity index is 811. The highest BCUT2D eigenvalue weighted by molar-refractivity contribution is 8.17. The number of rotatable bonds is 2. The van der Waals surface area contributed by atoms with Crippen molar-refractivity contribution in [3.63, 3.8) is 0 Å². The lowest BCUT2D eigenvalue weighted by molar-refractivity contribution is 0.646. The van der Waals surface area contributed by atoms with E-state index in [1.165, 1.54) is 44.9 Å². The predicted molar refractivity (Wildman–Crippen MR) is 92.8 cm³/mol. The van der Waals surface area contributed by atoms with Crippen LogP contribution in [0.2, 0.25) is 0 Å². The highest BCUT2D eigenvalue weighted by atomic mass is 32.2. The maximum absolute atomic E-state index is 4.69. The number of fused-ring (bicyclic) bond motifs is 2. The number of allylic oxidation sites excluding steroid dienone is 1. The Kier molecular flexibility index (Phi) is 2.56. The number of thiophene rings is 1. The predicted octanol–water partition coefficient (Wildman–Crippen LogP) is 4.71. The molecular formula is C17H16N2S2. The van der Waals surface area contributed by atoms with Crippen LogP contribution in [0.4, 0.5) is 0 Å². The van der Waals surface area contributed by atoms with E-state index in [1.54, 1.807) is 4.91 Å². The van der Waals surface area contributed by atoms with Gasteiger partial charge in [-0.25, -0.2) is 0 Å². The molecule has 0 atom stereocenters. The number of amidine groups is 1. The van der Waals surface area contributed by atoms with Gasteiger partial charge in [0.2, 0.25) is 0 Å². The number of hydrogen-bond acceptors (Lipinski definition) is 4. The molecule has 21 heavy (non-hydrogen) atoms. The van der Waals surface area contributed by atoms with Crippen LogP contribution >= 0.6 is 23.1 Å². The second-order valence-electron chi connectivity index (χ2n) is 6.00. The minimum Gasteiger partial charge on any atom is -0.318 e. The Balaban J connectivity index is 1.76. The molecule has 1 fully saturated rings. The Labute approximate surface area is 132 Å². The number of thioether (sulfide) groups is 1. The van der Waals surface area contributed by atoms with E-state index >= 15 is 0 Å². The first-order chi connectivity index (χ1) is 10.3. The highest BCUT2D eigenvalue weighted by Crippen LogP contribution is 2.53. The molecule has 1 aromatic carbocycles. The van der Waals surface area contributed by atoms with Crippen LogP contribution in [-0.2, 0) is 0 Å². The third-order valence-electron chi connectivity index (χ3n) is 4.52. The van der Waals surface area contributed by atoms with E-state index in [9.17, 15) is 0 Å². The SMILES string of the molecule is Cc1ccc(C2=C(C3CC3)SC3=NCCN32)c2ccsc12. The lowest BCUT2D eigenvalue weighted by atomic mass is 10.0. The molecule has 0 spiro atoms. The fourth-order valence-corrected chi connectivity index (χ4v) is 5.57. The second-order valence-corrected chi connectivity index (χ2v) is 7.92. The molecule has 0 amide bonds. The lowest BCUT2D eigenvalue weighted by Crippen LogP contribution is -2.20. The van der Waals surface area contributed by atoms with Crippen LogP contribution in [0.3, 0.4) is 0 Å². The van der Waals surface area contributed by atoms with Crippen LogP contribution in [0.25, 0.3) is 15.8 Å². The van der Waals surface area contributed by atoms with Gasteiger partial charge in [-0.1, -0.05) is 23.9 Å². The fourth-order valence-electron chi connectivity index (χ4n) is 3.31. The summed E-state index contributed by atoms with van der Waals surface area (Å²) in [7, 11) is 0. The molecule has 1 aromatic heterocycles. The van der Waals surface area contributed by atoms with Crippen molar-refractivity contribution >= 4 is 44.0 Å². The smallest absolute Gasteiger partial charge is 0.168 e. The summed E-state index contributed by atoms with van der Waals surface area (Å²) in [5.74, 6) is 0.785. The van der Waals surface area contributed by atoms with E-state index in [1.807, 2.05) is 23.1 Å². The number of aliphatic imine (C=N–C) groups is 1. The molecule has 0 N–H and O–H groups in total. The molecule has 0 bridgehead atoms. The van der Waals surface area contributed by atoms with Crippen LogP contribution in [0.15, 0.2) is 33.5 Å². The topological polar surface area (TPSA) is 15.6 Å². The molecule has 1 aliphatic carbocycles. The molecular weight excluding hydrogens is 296 g/mol. The maximum Gasteiger partial charge on any atom is 0.168 e. The molecule has 4 heteroatoms. The van der Waals surface area contributed by atoms with Crippen LogP contribution < -0.4 is 0 Å². The van der Waals surface area contributed by atoms with Gasteiger partial charge in [0, 0.05) is 27.1 Å². The quantitative estimate of drug-likeness (QED) is 0.798. The lowest BCUT2D eigenvalue weighted by Gasteiger charge is -2.18. The molecule has 2 aliphatic heterocycles. The minimum atomic E-state index is 0.785. The molecule has 0 unspecified atom stereocenters. The molecule has 3 heterocycles. The summed E-state index contributed by atoms with van der Waals surface area (Å²) < 4.78 is 1.43. The first kappa shape index (κ1) is 12.3. The molecule has 2 nitrogen and oxygen atoms in total. The van der Waals surface area contributed by atoms with Crippen molar-refractivity contribution in [1.82, 2.24) is 4.90 Å². The molecule has 106 valence electrons. The van der Waals surface area contributed by atoms with Gasteiger partial charge in [-0.15, -0.1) is 11.3 Å². The van der Waals surface area contributed by atoms with Gasteiger partial charge in [0.25, 0.3) is 0 Å². The second kappa shape index (κ2) is 4.37. The Morgan fingerprint density at radius 1 is 1.24 bits per heavy atom. The van der Waals surface area contributed by atoms with E-state index in [2.05, 4.69) is 40.4 Å². The van der Waals surface area contributed by atoms with E-state index in [4.69, 9.17) is 0 Å². The molecule has 3 aliphatic rings. The fraction of sp³-hybridized carbons (Fsp3) is 0.353. The van der Waals surface area contributed by atoms with Crippen LogP contribution in [0, 0.1) is 12.8 Å². The van der Waals surface area contributed by atoms with Crippen LogP contribution in [-0.4, -0.2) is 23.2 Å². The summed E-state index contributed by atoms with van der Waals surface area (Å²) in [4.78, 5) is 8.72. The van der Waals surface area contributed by atoms with Crippen molar-refractivity contribution in [1.29, 1.82) is 0 Å². The number of benzene rings is 1. The van der Waals surface area contributed by atoms with Crippen molar-refractivity contribution in [2.75, 3.05) is 13.1 Å². The van der Waals surface area contributed by atoms with Crippen molar-refractivity contribution in [3.8, 4) is 0 Å². The molecule has 5 rings (SSSR count). The summed E-state index contributed by atoms with van der Waals surface area (Å²) in [6.07, 6.45) is 2.71. The largest absolute Gasteiger partial charge is 0.318 e. The number of nitrogens with zero attached hydrogens (tertiary/aromatic N) is 2. The van der Waals surface area contributed by atoms with Crippen molar-refractivity contribution in [2.45, 2.75) is 19.8 Å². The zero-order chi connectivity index (χ0) is 14.0. The summed E-state index contributed by atoms with van der Waals surface area (Å²) in [6, 6.07) is 6.89. The van der Waals surface area contributed by atoms with Crippen molar-refractivity contribution in [2.24, 2.45) is 10.9 Å². The first-order valence-electron chi connectivity index (χ1n) is 7.54. The first-order valence-corrected chi connectivity index (χ1v) is 9.24. The molecule has 0 radical (unpaired) electrons. The van der Waals surface area contributed by atoms with Gasteiger partial charge in [-0.3, -0.25) is 4.99 Å². The van der Waals surface area contributed by atoms with Gasteiger partial charge < -0.3 is 4.90 Å². The third kappa shape index (κ3) is 1.75. The Morgan fingerprint density at radius 2 is 2.14 bits per heavy atom. The monoisotopic (exact) mass is 312 g/mol. The van der Waals surface area contributed by atoms with E-state index in [0.717, 1.165) is 19.0 Å². The van der Waals surface area contributed by atoms with Crippen molar-refractivity contribution in [3.05, 3.63) is 39.6 Å². The van der Waals surface area contributed by atoms with Crippen molar-refractivity contribution < 1.29 is 0 Å². The van der Waals surface area contributed by atoms with Gasteiger partial charge in [-0.2, -0.15) is 0 Å². The maximum atomic E-state index is 4.69. The standard InChI is InChI=1S/C17H16N2S2/c1-10-2-5-12(13-6-9-20-15(10)13)14-16(11-3-4-11)21-17-18-7-8-19(14)17/h2,5-6,9,11H,3-4,7-8H2,1H3. The zero-order valence-electron chi connectivity index (χ0n) is 11.9.